The zero-order valence-electron chi connectivity index (χ0n) is 25.7. The molecule has 10 aromatic rings. The molecular weight excluding hydrogens is 605 g/mol. The quantitative estimate of drug-likeness (QED) is 0.194. The Morgan fingerprint density at radius 2 is 1.00 bits per heavy atom. The number of aromatic nitrogens is 4. The Labute approximate surface area is 280 Å². The van der Waals surface area contributed by atoms with Crippen LogP contribution in [0.1, 0.15) is 0 Å². The number of nitrogens with zero attached hydrogens (tertiary/aromatic N) is 4. The molecule has 5 heteroatoms. The van der Waals surface area contributed by atoms with Crippen LogP contribution in [0, 0.1) is 0 Å². The van der Waals surface area contributed by atoms with Crippen LogP contribution >= 0.6 is 11.3 Å². The van der Waals surface area contributed by atoms with E-state index in [0.717, 1.165) is 27.9 Å². The number of benzene rings is 7. The van der Waals surface area contributed by atoms with Gasteiger partial charge in [0.2, 0.25) is 0 Å². The van der Waals surface area contributed by atoms with Crippen LogP contribution in [0.25, 0.3) is 92.6 Å². The van der Waals surface area contributed by atoms with Gasteiger partial charge in [-0.05, 0) is 65.4 Å². The minimum atomic E-state index is 0.641. The lowest BCUT2D eigenvalue weighted by Gasteiger charge is -2.12. The van der Waals surface area contributed by atoms with Crippen LogP contribution in [0.3, 0.4) is 0 Å². The van der Waals surface area contributed by atoms with Gasteiger partial charge in [-0.25, -0.2) is 15.0 Å². The molecule has 0 radical (unpaired) electrons. The summed E-state index contributed by atoms with van der Waals surface area (Å²) in [6, 6.07) is 55.6. The van der Waals surface area contributed by atoms with Gasteiger partial charge in [-0.2, -0.15) is 0 Å². The van der Waals surface area contributed by atoms with Gasteiger partial charge in [0.05, 0.1) is 11.0 Å². The van der Waals surface area contributed by atoms with Gasteiger partial charge in [0.15, 0.2) is 17.5 Å². The molecule has 3 aromatic heterocycles. The smallest absolute Gasteiger partial charge is 0.164 e. The number of rotatable bonds is 4. The number of fused-ring (bicyclic) bond motifs is 7. The van der Waals surface area contributed by atoms with E-state index < -0.39 is 0 Å². The van der Waals surface area contributed by atoms with Gasteiger partial charge in [0.25, 0.3) is 0 Å². The third-order valence-corrected chi connectivity index (χ3v) is 10.4. The molecule has 0 unspecified atom stereocenters. The summed E-state index contributed by atoms with van der Waals surface area (Å²) >= 11 is 1.81. The van der Waals surface area contributed by atoms with E-state index in [4.69, 9.17) is 15.0 Å². The second kappa shape index (κ2) is 10.7. The Bertz CT molecular complexity index is 2850. The summed E-state index contributed by atoms with van der Waals surface area (Å²) in [4.78, 5) is 15.2. The molecule has 0 N–H and O–H groups in total. The van der Waals surface area contributed by atoms with E-state index >= 15 is 0 Å². The van der Waals surface area contributed by atoms with Gasteiger partial charge in [-0.1, -0.05) is 103 Å². The maximum Gasteiger partial charge on any atom is 0.164 e. The van der Waals surface area contributed by atoms with Crippen molar-refractivity contribution in [2.45, 2.75) is 0 Å². The van der Waals surface area contributed by atoms with Gasteiger partial charge in [0, 0.05) is 53.3 Å². The molecule has 4 nitrogen and oxygen atoms in total. The molecule has 10 rings (SSSR count). The Morgan fingerprint density at radius 1 is 0.375 bits per heavy atom. The topological polar surface area (TPSA) is 43.6 Å². The molecule has 48 heavy (non-hydrogen) atoms. The zero-order valence-corrected chi connectivity index (χ0v) is 26.5. The summed E-state index contributed by atoms with van der Waals surface area (Å²) in [6.07, 6.45) is 0. The first kappa shape index (κ1) is 27.0. The molecule has 0 saturated heterocycles. The summed E-state index contributed by atoms with van der Waals surface area (Å²) in [5.41, 5.74) is 6.25. The summed E-state index contributed by atoms with van der Waals surface area (Å²) in [7, 11) is 0. The van der Waals surface area contributed by atoms with Crippen LogP contribution in [0.15, 0.2) is 158 Å². The van der Waals surface area contributed by atoms with Crippen molar-refractivity contribution in [2.24, 2.45) is 0 Å². The monoisotopic (exact) mass is 630 g/mol. The molecule has 7 aromatic carbocycles. The molecule has 0 aliphatic rings. The third-order valence-electron chi connectivity index (χ3n) is 9.20. The Balaban J connectivity index is 1.18. The molecule has 0 aliphatic heterocycles. The van der Waals surface area contributed by atoms with Crippen molar-refractivity contribution in [3.8, 4) is 39.9 Å². The number of thiophene rings is 1. The van der Waals surface area contributed by atoms with Gasteiger partial charge >= 0.3 is 0 Å². The number of para-hydroxylation sites is 1. The minimum Gasteiger partial charge on any atom is -0.309 e. The summed E-state index contributed by atoms with van der Waals surface area (Å²) in [5.74, 6) is 1.95. The highest BCUT2D eigenvalue weighted by molar-refractivity contribution is 7.25. The Morgan fingerprint density at radius 3 is 1.83 bits per heavy atom. The van der Waals surface area contributed by atoms with E-state index in [9.17, 15) is 0 Å². The molecule has 224 valence electrons. The second-order valence-electron chi connectivity index (χ2n) is 12.1. The van der Waals surface area contributed by atoms with Crippen LogP contribution in [0.5, 0.6) is 0 Å². The summed E-state index contributed by atoms with van der Waals surface area (Å²) in [6.45, 7) is 0. The minimum absolute atomic E-state index is 0.641. The first-order valence-electron chi connectivity index (χ1n) is 16.0. The Kier molecular flexibility index (Phi) is 6.01. The maximum atomic E-state index is 5.13. The van der Waals surface area contributed by atoms with Crippen molar-refractivity contribution in [2.75, 3.05) is 0 Å². The zero-order chi connectivity index (χ0) is 31.6. The first-order valence-corrected chi connectivity index (χ1v) is 16.8. The lowest BCUT2D eigenvalue weighted by atomic mass is 10.1. The van der Waals surface area contributed by atoms with E-state index in [-0.39, 0.29) is 0 Å². The third kappa shape index (κ3) is 4.33. The molecule has 0 atom stereocenters. The van der Waals surface area contributed by atoms with Crippen molar-refractivity contribution < 1.29 is 0 Å². The van der Waals surface area contributed by atoms with E-state index in [0.29, 0.717) is 17.5 Å². The number of hydrogen-bond donors (Lipinski definition) is 0. The highest BCUT2D eigenvalue weighted by atomic mass is 32.1. The van der Waals surface area contributed by atoms with Crippen LogP contribution in [0.2, 0.25) is 0 Å². The molecule has 0 spiro atoms. The van der Waals surface area contributed by atoms with E-state index in [2.05, 4.69) is 144 Å². The maximum absolute atomic E-state index is 5.13. The molecule has 3 heterocycles. The van der Waals surface area contributed by atoms with E-state index in [1.807, 2.05) is 29.5 Å². The van der Waals surface area contributed by atoms with Gasteiger partial charge in [0.1, 0.15) is 0 Å². The van der Waals surface area contributed by atoms with E-state index in [1.54, 1.807) is 0 Å². The first-order chi connectivity index (χ1) is 23.8. The van der Waals surface area contributed by atoms with Crippen LogP contribution in [-0.4, -0.2) is 19.5 Å². The fourth-order valence-electron chi connectivity index (χ4n) is 6.93. The fraction of sp³-hybridized carbons (Fsp3) is 0. The summed E-state index contributed by atoms with van der Waals surface area (Å²) < 4.78 is 4.89. The summed E-state index contributed by atoms with van der Waals surface area (Å²) in [5, 5.41) is 7.39. The normalized spacial score (nSPS) is 11.8. The molecule has 0 amide bonds. The molecule has 0 aliphatic carbocycles. The van der Waals surface area contributed by atoms with Crippen LogP contribution in [0.4, 0.5) is 0 Å². The highest BCUT2D eigenvalue weighted by Gasteiger charge is 2.17. The van der Waals surface area contributed by atoms with Gasteiger partial charge < -0.3 is 4.57 Å². The van der Waals surface area contributed by atoms with Crippen LogP contribution in [-0.2, 0) is 0 Å². The molecular formula is C43H26N4S. The van der Waals surface area contributed by atoms with Crippen molar-refractivity contribution in [3.63, 3.8) is 0 Å². The van der Waals surface area contributed by atoms with E-state index in [1.165, 1.54) is 47.2 Å². The van der Waals surface area contributed by atoms with Crippen molar-refractivity contribution in [3.05, 3.63) is 158 Å². The molecule has 0 saturated carbocycles. The average molecular weight is 631 g/mol. The fourth-order valence-corrected chi connectivity index (χ4v) is 8.02. The standard InChI is InChI=1S/C43H26N4S/c1-2-11-27(12-3-1)41-44-42(46-43(45-41)31-21-22-40-36(25-31)34-18-7-9-20-39(34)48-40)30-15-10-16-32(23-30)47-37-19-8-6-17-33(37)35-24-28-13-4-5-14-29(28)26-38(35)47/h1-26H. The SMILES string of the molecule is c1ccc(-c2nc(-c3cccc(-n4c5ccccc5c5cc6ccccc6cc54)c3)nc(-c3ccc4sc5ccccc5c4c3)n2)cc1. The van der Waals surface area contributed by atoms with Gasteiger partial charge in [-0.3, -0.25) is 0 Å². The molecule has 0 fully saturated rings. The Hall–Kier alpha value is -6.17. The van der Waals surface area contributed by atoms with Crippen LogP contribution < -0.4 is 0 Å². The lowest BCUT2D eigenvalue weighted by Crippen LogP contribution is -2.01. The second-order valence-corrected chi connectivity index (χ2v) is 13.2. The highest BCUT2D eigenvalue weighted by Crippen LogP contribution is 2.38. The largest absolute Gasteiger partial charge is 0.309 e. The predicted molar refractivity (Wildman–Crippen MR) is 201 cm³/mol. The van der Waals surface area contributed by atoms with Crippen molar-refractivity contribution in [1.29, 1.82) is 0 Å². The van der Waals surface area contributed by atoms with Gasteiger partial charge in [-0.15, -0.1) is 11.3 Å². The number of hydrogen-bond acceptors (Lipinski definition) is 4. The lowest BCUT2D eigenvalue weighted by molar-refractivity contribution is 1.07. The van der Waals surface area contributed by atoms with Crippen molar-refractivity contribution >= 4 is 64.1 Å². The molecule has 0 bridgehead atoms. The average Bonchev–Trinajstić information content (AvgIpc) is 3.69. The predicted octanol–water partition coefficient (Wildman–Crippen LogP) is 11.5. The van der Waals surface area contributed by atoms with Crippen molar-refractivity contribution in [1.82, 2.24) is 19.5 Å².